The quantitative estimate of drug-likeness (QED) is 0.616. The molecule has 0 radical (unpaired) electrons. The van der Waals surface area contributed by atoms with E-state index in [9.17, 15) is 14.4 Å². The highest BCUT2D eigenvalue weighted by Crippen LogP contribution is 2.28. The fourth-order valence-corrected chi connectivity index (χ4v) is 2.47. The van der Waals surface area contributed by atoms with E-state index in [0.717, 1.165) is 0 Å². The second-order valence-corrected chi connectivity index (χ2v) is 5.59. The Morgan fingerprint density at radius 2 is 1.68 bits per heavy atom. The van der Waals surface area contributed by atoms with Crippen molar-refractivity contribution in [2.24, 2.45) is 0 Å². The van der Waals surface area contributed by atoms with Crippen molar-refractivity contribution in [3.05, 3.63) is 35.0 Å². The van der Waals surface area contributed by atoms with E-state index in [-0.39, 0.29) is 36.6 Å². The molecule has 1 aromatic rings. The van der Waals surface area contributed by atoms with E-state index in [1.165, 1.54) is 6.07 Å². The molecule has 1 aliphatic heterocycles. The van der Waals surface area contributed by atoms with Crippen molar-refractivity contribution >= 4 is 18.0 Å². The minimum Gasteiger partial charge on any atom is -0.490 e. The molecule has 1 heterocycles. The first-order valence-electron chi connectivity index (χ1n) is 9.00. The zero-order chi connectivity index (χ0) is 20.5. The van der Waals surface area contributed by atoms with Gasteiger partial charge >= 0.3 is 18.0 Å². The predicted molar refractivity (Wildman–Crippen MR) is 99.3 cm³/mol. The first kappa shape index (κ1) is 21.1. The maximum absolute atomic E-state index is 12.4. The third kappa shape index (κ3) is 5.38. The second-order valence-electron chi connectivity index (χ2n) is 5.59. The topological polar surface area (TPSA) is 112 Å². The highest BCUT2D eigenvalue weighted by Gasteiger charge is 2.25. The molecule has 9 heteroatoms. The summed E-state index contributed by atoms with van der Waals surface area (Å²) in [6.07, 6.45) is 0. The lowest BCUT2D eigenvalue weighted by Crippen LogP contribution is -2.45. The summed E-state index contributed by atoms with van der Waals surface area (Å²) in [5.41, 5.74) is 0.646. The summed E-state index contributed by atoms with van der Waals surface area (Å²) in [5.74, 6) is -0.257. The van der Waals surface area contributed by atoms with Gasteiger partial charge < -0.3 is 29.6 Å². The van der Waals surface area contributed by atoms with Gasteiger partial charge in [-0.3, -0.25) is 0 Å². The van der Waals surface area contributed by atoms with Crippen LogP contribution >= 0.6 is 0 Å². The summed E-state index contributed by atoms with van der Waals surface area (Å²) in [5, 5.41) is 4.96. The minimum absolute atomic E-state index is 0.00487. The van der Waals surface area contributed by atoms with E-state index in [4.69, 9.17) is 18.9 Å². The maximum Gasteiger partial charge on any atom is 0.338 e. The number of amides is 2. The van der Waals surface area contributed by atoms with Crippen LogP contribution in [0.15, 0.2) is 29.5 Å². The van der Waals surface area contributed by atoms with Gasteiger partial charge in [0.05, 0.1) is 43.2 Å². The molecule has 0 atom stereocenters. The van der Waals surface area contributed by atoms with Crippen LogP contribution in [0.3, 0.4) is 0 Å². The van der Waals surface area contributed by atoms with Gasteiger partial charge in [-0.1, -0.05) is 0 Å². The van der Waals surface area contributed by atoms with Crippen LogP contribution in [0.5, 0.6) is 11.5 Å². The number of carbonyl (C=O) groups excluding carboxylic acids is 3. The number of nitrogens with one attached hydrogen (secondary N) is 2. The zero-order valence-corrected chi connectivity index (χ0v) is 16.1. The van der Waals surface area contributed by atoms with Crippen LogP contribution in [0.25, 0.3) is 0 Å². The largest absolute Gasteiger partial charge is 0.490 e. The van der Waals surface area contributed by atoms with E-state index in [1.54, 1.807) is 19.1 Å². The van der Waals surface area contributed by atoms with Crippen molar-refractivity contribution in [3.8, 4) is 11.5 Å². The molecule has 0 saturated carbocycles. The molecular weight excluding hydrogens is 368 g/mol. The van der Waals surface area contributed by atoms with Crippen molar-refractivity contribution < 1.29 is 33.3 Å². The monoisotopic (exact) mass is 392 g/mol. The second kappa shape index (κ2) is 10.2. The molecular formula is C19H24N2O7. The molecule has 2 N–H and O–H groups in total. The summed E-state index contributed by atoms with van der Waals surface area (Å²) >= 11 is 0. The first-order chi connectivity index (χ1) is 13.5. The summed E-state index contributed by atoms with van der Waals surface area (Å²) in [6.45, 7) is 6.12. The maximum atomic E-state index is 12.4. The fourth-order valence-electron chi connectivity index (χ4n) is 2.47. The van der Waals surface area contributed by atoms with Crippen LogP contribution in [0.1, 0.15) is 31.1 Å². The lowest BCUT2D eigenvalue weighted by Gasteiger charge is -2.21. The van der Waals surface area contributed by atoms with Crippen LogP contribution in [0.2, 0.25) is 0 Å². The normalized spacial score (nSPS) is 13.3. The Hall–Kier alpha value is -3.23. The molecule has 2 rings (SSSR count). The van der Waals surface area contributed by atoms with Crippen LogP contribution in [-0.4, -0.2) is 50.9 Å². The molecule has 0 aliphatic carbocycles. The van der Waals surface area contributed by atoms with Crippen LogP contribution in [0, 0.1) is 0 Å². The molecule has 9 nitrogen and oxygen atoms in total. The van der Waals surface area contributed by atoms with Gasteiger partial charge in [-0.25, -0.2) is 14.4 Å². The zero-order valence-electron chi connectivity index (χ0n) is 16.1. The fraction of sp³-hybridized carbons (Fsp3) is 0.421. The van der Waals surface area contributed by atoms with Crippen LogP contribution in [-0.2, 0) is 14.3 Å². The average Bonchev–Trinajstić information content (AvgIpc) is 2.68. The standard InChI is InChI=1S/C19H24N2O7/c1-4-25-15-8-7-12(9-16(15)26-5-2)17(22)28-11-14-13(18(23)27-6-3)10-20-19(24)21-14/h7-9H,4-6,10-11H2,1-3H3,(H2,20,21,24). The van der Waals surface area contributed by atoms with Gasteiger partial charge in [0.25, 0.3) is 0 Å². The number of hydrogen-bond donors (Lipinski definition) is 2. The van der Waals surface area contributed by atoms with E-state index in [2.05, 4.69) is 10.6 Å². The Balaban J connectivity index is 2.14. The van der Waals surface area contributed by atoms with Gasteiger partial charge in [0, 0.05) is 0 Å². The average molecular weight is 392 g/mol. The van der Waals surface area contributed by atoms with Gasteiger partial charge in [-0.2, -0.15) is 0 Å². The number of rotatable bonds is 9. The Labute approximate surface area is 163 Å². The van der Waals surface area contributed by atoms with Gasteiger partial charge in [-0.05, 0) is 39.0 Å². The van der Waals surface area contributed by atoms with Crippen molar-refractivity contribution in [2.75, 3.05) is 33.0 Å². The minimum atomic E-state index is -0.632. The molecule has 0 bridgehead atoms. The van der Waals surface area contributed by atoms with Crippen molar-refractivity contribution in [3.63, 3.8) is 0 Å². The van der Waals surface area contributed by atoms with E-state index in [1.807, 2.05) is 13.8 Å². The number of esters is 2. The molecule has 0 saturated heterocycles. The Morgan fingerprint density at radius 3 is 2.36 bits per heavy atom. The Bertz CT molecular complexity index is 774. The lowest BCUT2D eigenvalue weighted by atomic mass is 10.1. The third-order valence-corrected chi connectivity index (χ3v) is 3.70. The predicted octanol–water partition coefficient (Wildman–Crippen LogP) is 1.77. The van der Waals surface area contributed by atoms with Crippen LogP contribution < -0.4 is 20.1 Å². The lowest BCUT2D eigenvalue weighted by molar-refractivity contribution is -0.138. The highest BCUT2D eigenvalue weighted by atomic mass is 16.5. The van der Waals surface area contributed by atoms with E-state index in [0.29, 0.717) is 24.7 Å². The van der Waals surface area contributed by atoms with Crippen molar-refractivity contribution in [1.82, 2.24) is 10.6 Å². The summed E-state index contributed by atoms with van der Waals surface area (Å²) in [6, 6.07) is 4.22. The number of ether oxygens (including phenoxy) is 4. The molecule has 28 heavy (non-hydrogen) atoms. The SMILES string of the molecule is CCOC(=O)C1=C(COC(=O)c2ccc(OCC)c(OCC)c2)NC(=O)NC1. The number of hydrogen-bond acceptors (Lipinski definition) is 7. The molecule has 0 aromatic heterocycles. The van der Waals surface area contributed by atoms with Crippen molar-refractivity contribution in [1.29, 1.82) is 0 Å². The Kier molecular flexibility index (Phi) is 7.67. The van der Waals surface area contributed by atoms with E-state index < -0.39 is 18.0 Å². The van der Waals surface area contributed by atoms with E-state index >= 15 is 0 Å². The first-order valence-corrected chi connectivity index (χ1v) is 9.00. The smallest absolute Gasteiger partial charge is 0.338 e. The van der Waals surface area contributed by atoms with Gasteiger partial charge in [0.1, 0.15) is 6.61 Å². The number of carbonyl (C=O) groups is 3. The number of urea groups is 1. The summed E-state index contributed by atoms with van der Waals surface area (Å²) < 4.78 is 21.2. The molecule has 1 aromatic carbocycles. The van der Waals surface area contributed by atoms with Gasteiger partial charge in [-0.15, -0.1) is 0 Å². The summed E-state index contributed by atoms with van der Waals surface area (Å²) in [4.78, 5) is 36.0. The highest BCUT2D eigenvalue weighted by molar-refractivity contribution is 5.94. The Morgan fingerprint density at radius 1 is 0.964 bits per heavy atom. The summed E-state index contributed by atoms with van der Waals surface area (Å²) in [7, 11) is 0. The van der Waals surface area contributed by atoms with Gasteiger partial charge in [0.2, 0.25) is 0 Å². The molecule has 0 spiro atoms. The van der Waals surface area contributed by atoms with Crippen LogP contribution in [0.4, 0.5) is 4.79 Å². The third-order valence-electron chi connectivity index (χ3n) is 3.70. The number of benzene rings is 1. The molecule has 152 valence electrons. The van der Waals surface area contributed by atoms with Crippen molar-refractivity contribution in [2.45, 2.75) is 20.8 Å². The molecule has 0 unspecified atom stereocenters. The molecule has 0 fully saturated rings. The molecule has 1 aliphatic rings. The van der Waals surface area contributed by atoms with Gasteiger partial charge in [0.15, 0.2) is 11.5 Å². The molecule has 2 amide bonds.